The van der Waals surface area contributed by atoms with Crippen LogP contribution in [-0.2, 0) is 20.9 Å². The van der Waals surface area contributed by atoms with Crippen LogP contribution in [0, 0.1) is 0 Å². The molecule has 8 nitrogen and oxygen atoms in total. The van der Waals surface area contributed by atoms with Crippen molar-refractivity contribution < 1.29 is 23.8 Å². The predicted octanol–water partition coefficient (Wildman–Crippen LogP) is 3.14. The van der Waals surface area contributed by atoms with Crippen molar-refractivity contribution in [3.05, 3.63) is 78.1 Å². The van der Waals surface area contributed by atoms with Gasteiger partial charge in [0.15, 0.2) is 6.61 Å². The van der Waals surface area contributed by atoms with Crippen molar-refractivity contribution in [3.8, 4) is 11.5 Å². The van der Waals surface area contributed by atoms with E-state index in [0.29, 0.717) is 23.7 Å². The Morgan fingerprint density at radius 2 is 1.90 bits per heavy atom. The van der Waals surface area contributed by atoms with Gasteiger partial charge in [-0.05, 0) is 23.8 Å². The molecule has 1 amide bonds. The molecule has 0 radical (unpaired) electrons. The summed E-state index contributed by atoms with van der Waals surface area (Å²) in [4.78, 5) is 24.0. The van der Waals surface area contributed by atoms with Gasteiger partial charge in [-0.25, -0.2) is 4.79 Å². The molecule has 3 aromatic rings. The third-order valence-electron chi connectivity index (χ3n) is 4.28. The summed E-state index contributed by atoms with van der Waals surface area (Å²) in [6.45, 7) is 0.198. The van der Waals surface area contributed by atoms with Crippen LogP contribution in [0.1, 0.15) is 11.1 Å². The number of rotatable bonds is 9. The lowest BCUT2D eigenvalue weighted by Gasteiger charge is -2.11. The predicted molar refractivity (Wildman–Crippen MR) is 116 cm³/mol. The lowest BCUT2D eigenvalue weighted by molar-refractivity contribution is -0.142. The summed E-state index contributed by atoms with van der Waals surface area (Å²) in [7, 11) is 3.01. The van der Waals surface area contributed by atoms with Crippen molar-refractivity contribution in [2.45, 2.75) is 6.54 Å². The highest BCUT2D eigenvalue weighted by molar-refractivity contribution is 5.95. The molecule has 160 valence electrons. The molecule has 1 N–H and O–H groups in total. The summed E-state index contributed by atoms with van der Waals surface area (Å²) in [5, 5.41) is 6.90. The molecular formula is C23H23N3O5. The number of carbonyl (C=O) groups is 2. The number of aromatic nitrogens is 2. The molecule has 1 aromatic heterocycles. The quantitative estimate of drug-likeness (QED) is 0.422. The van der Waals surface area contributed by atoms with Gasteiger partial charge in [0, 0.05) is 23.9 Å². The molecule has 0 fully saturated rings. The molecule has 0 saturated carbocycles. The van der Waals surface area contributed by atoms with Gasteiger partial charge in [-0.2, -0.15) is 5.10 Å². The molecule has 3 rings (SSSR count). The van der Waals surface area contributed by atoms with Crippen molar-refractivity contribution in [3.63, 3.8) is 0 Å². The van der Waals surface area contributed by atoms with Gasteiger partial charge in [-0.1, -0.05) is 30.3 Å². The molecule has 2 aromatic carbocycles. The average Bonchev–Trinajstić information content (AvgIpc) is 3.24. The first-order valence-electron chi connectivity index (χ1n) is 9.50. The highest BCUT2D eigenvalue weighted by atomic mass is 16.5. The molecular weight excluding hydrogens is 398 g/mol. The third kappa shape index (κ3) is 6.46. The second kappa shape index (κ2) is 10.6. The number of carbonyl (C=O) groups excluding carboxylic acids is 2. The summed E-state index contributed by atoms with van der Waals surface area (Å²) in [6, 6.07) is 14.9. The van der Waals surface area contributed by atoms with Gasteiger partial charge in [0.05, 0.1) is 32.6 Å². The van der Waals surface area contributed by atoms with E-state index in [2.05, 4.69) is 10.4 Å². The van der Waals surface area contributed by atoms with Gasteiger partial charge in [-0.3, -0.25) is 9.48 Å². The van der Waals surface area contributed by atoms with E-state index in [1.807, 2.05) is 36.5 Å². The Morgan fingerprint density at radius 1 is 1.10 bits per heavy atom. The van der Waals surface area contributed by atoms with Gasteiger partial charge < -0.3 is 19.5 Å². The zero-order valence-electron chi connectivity index (χ0n) is 17.3. The third-order valence-corrected chi connectivity index (χ3v) is 4.28. The molecule has 0 aliphatic carbocycles. The van der Waals surface area contributed by atoms with Crippen LogP contribution in [0.15, 0.2) is 67.0 Å². The van der Waals surface area contributed by atoms with Crippen LogP contribution in [0.25, 0.3) is 6.08 Å². The van der Waals surface area contributed by atoms with Gasteiger partial charge in [0.25, 0.3) is 5.91 Å². The smallest absolute Gasteiger partial charge is 0.331 e. The van der Waals surface area contributed by atoms with Crippen LogP contribution in [0.2, 0.25) is 0 Å². The lowest BCUT2D eigenvalue weighted by Crippen LogP contribution is -2.20. The molecule has 0 unspecified atom stereocenters. The first kappa shape index (κ1) is 21.6. The fourth-order valence-electron chi connectivity index (χ4n) is 2.77. The summed E-state index contributed by atoms with van der Waals surface area (Å²) in [6.07, 6.45) is 6.30. The molecule has 0 bridgehead atoms. The fraction of sp³-hybridized carbons (Fsp3) is 0.174. The van der Waals surface area contributed by atoms with Crippen molar-refractivity contribution >= 4 is 23.6 Å². The van der Waals surface area contributed by atoms with Gasteiger partial charge in [-0.15, -0.1) is 0 Å². The monoisotopic (exact) mass is 421 g/mol. The van der Waals surface area contributed by atoms with E-state index in [4.69, 9.17) is 14.2 Å². The Kier molecular flexibility index (Phi) is 7.42. The van der Waals surface area contributed by atoms with E-state index < -0.39 is 18.5 Å². The highest BCUT2D eigenvalue weighted by Gasteiger charge is 2.11. The van der Waals surface area contributed by atoms with Crippen LogP contribution in [0.4, 0.5) is 5.69 Å². The summed E-state index contributed by atoms with van der Waals surface area (Å²) in [5.74, 6) is -0.107. The number of esters is 1. The lowest BCUT2D eigenvalue weighted by atomic mass is 10.2. The number of hydrogen-bond acceptors (Lipinski definition) is 6. The zero-order chi connectivity index (χ0) is 22.1. The Hall–Kier alpha value is -4.07. The van der Waals surface area contributed by atoms with Crippen molar-refractivity contribution in [1.29, 1.82) is 0 Å². The fourth-order valence-corrected chi connectivity index (χ4v) is 2.77. The minimum atomic E-state index is -0.636. The normalized spacial score (nSPS) is 10.6. The zero-order valence-corrected chi connectivity index (χ0v) is 17.3. The van der Waals surface area contributed by atoms with Crippen molar-refractivity contribution in [1.82, 2.24) is 9.78 Å². The van der Waals surface area contributed by atoms with E-state index in [9.17, 15) is 9.59 Å². The summed E-state index contributed by atoms with van der Waals surface area (Å²) in [5.41, 5.74) is 2.29. The number of benzene rings is 2. The molecule has 0 saturated heterocycles. The van der Waals surface area contributed by atoms with Gasteiger partial charge in [0.2, 0.25) is 0 Å². The molecule has 8 heteroatoms. The molecule has 31 heavy (non-hydrogen) atoms. The van der Waals surface area contributed by atoms with Crippen LogP contribution in [-0.4, -0.2) is 42.5 Å². The number of methoxy groups -OCH3 is 2. The number of anilines is 1. The molecule has 0 aliphatic heterocycles. The number of nitrogens with one attached hydrogen (secondary N) is 1. The molecule has 0 spiro atoms. The maximum absolute atomic E-state index is 12.1. The van der Waals surface area contributed by atoms with Crippen molar-refractivity contribution in [2.75, 3.05) is 26.1 Å². The van der Waals surface area contributed by atoms with E-state index in [1.54, 1.807) is 35.2 Å². The van der Waals surface area contributed by atoms with E-state index in [-0.39, 0.29) is 0 Å². The van der Waals surface area contributed by atoms with E-state index >= 15 is 0 Å². The number of hydrogen-bond donors (Lipinski definition) is 1. The van der Waals surface area contributed by atoms with E-state index in [1.165, 1.54) is 20.3 Å². The van der Waals surface area contributed by atoms with Crippen LogP contribution in [0.3, 0.4) is 0 Å². The summed E-state index contributed by atoms with van der Waals surface area (Å²) < 4.78 is 17.1. The second-order valence-electron chi connectivity index (χ2n) is 6.51. The Bertz CT molecular complexity index is 1060. The molecule has 0 atom stereocenters. The largest absolute Gasteiger partial charge is 0.497 e. The van der Waals surface area contributed by atoms with Crippen molar-refractivity contribution in [2.24, 2.45) is 0 Å². The molecule has 1 heterocycles. The number of nitrogens with zero attached hydrogens (tertiary/aromatic N) is 2. The first-order valence-corrected chi connectivity index (χ1v) is 9.50. The Labute approximate surface area is 180 Å². The second-order valence-corrected chi connectivity index (χ2v) is 6.51. The summed E-state index contributed by atoms with van der Waals surface area (Å²) >= 11 is 0. The topological polar surface area (TPSA) is 91.7 Å². The SMILES string of the molecule is COc1ccc(OC)c(NC(=O)COC(=O)/C=C/c2cnn(Cc3ccccc3)c2)c1. The van der Waals surface area contributed by atoms with Gasteiger partial charge >= 0.3 is 5.97 Å². The Balaban J connectivity index is 1.49. The highest BCUT2D eigenvalue weighted by Crippen LogP contribution is 2.28. The number of amides is 1. The van der Waals surface area contributed by atoms with Gasteiger partial charge in [0.1, 0.15) is 11.5 Å². The standard InChI is InChI=1S/C23H23N3O5/c1-29-19-9-10-21(30-2)20(12-19)25-22(27)16-31-23(28)11-8-18-13-24-26(15-18)14-17-6-4-3-5-7-17/h3-13,15H,14,16H2,1-2H3,(H,25,27)/b11-8+. The number of ether oxygens (including phenoxy) is 3. The van der Waals surface area contributed by atoms with E-state index in [0.717, 1.165) is 11.1 Å². The Morgan fingerprint density at radius 3 is 2.65 bits per heavy atom. The van der Waals surface area contributed by atoms with Crippen LogP contribution in [0.5, 0.6) is 11.5 Å². The van der Waals surface area contributed by atoms with Crippen LogP contribution >= 0.6 is 0 Å². The minimum Gasteiger partial charge on any atom is -0.497 e. The minimum absolute atomic E-state index is 0.421. The average molecular weight is 421 g/mol. The maximum Gasteiger partial charge on any atom is 0.331 e. The first-order chi connectivity index (χ1) is 15.1. The molecule has 0 aliphatic rings. The maximum atomic E-state index is 12.1. The van der Waals surface area contributed by atoms with Crippen LogP contribution < -0.4 is 14.8 Å².